The van der Waals surface area contributed by atoms with Crippen molar-refractivity contribution < 1.29 is 67.0 Å². The van der Waals surface area contributed by atoms with Gasteiger partial charge in [-0.3, -0.25) is 4.79 Å². The summed E-state index contributed by atoms with van der Waals surface area (Å²) in [7, 11) is -2.63. The first-order valence-corrected chi connectivity index (χ1v) is 35.7. The molecule has 1 aromatic carbocycles. The fourth-order valence-electron chi connectivity index (χ4n) is 12.6. The molecule has 12 heterocycles. The molecule has 3 aliphatic rings. The Morgan fingerprint density at radius 3 is 1.57 bits per heavy atom. The van der Waals surface area contributed by atoms with Crippen LogP contribution >= 0.6 is 34.8 Å². The van der Waals surface area contributed by atoms with Crippen molar-refractivity contribution in [1.29, 1.82) is 0 Å². The van der Waals surface area contributed by atoms with Gasteiger partial charge < -0.3 is 34.6 Å². The Hall–Kier alpha value is -8.62. The lowest BCUT2D eigenvalue weighted by Gasteiger charge is -2.39. The molecule has 9 aromatic heterocycles. The van der Waals surface area contributed by atoms with Crippen LogP contribution in [-0.4, -0.2) is 164 Å². The highest BCUT2D eigenvalue weighted by Gasteiger charge is 2.44. The van der Waals surface area contributed by atoms with E-state index in [1.54, 1.807) is 57.4 Å². The van der Waals surface area contributed by atoms with Gasteiger partial charge in [0.15, 0.2) is 40.6 Å². The van der Waals surface area contributed by atoms with E-state index in [4.69, 9.17) is 44.3 Å². The minimum absolute atomic E-state index is 0.00806. The molecule has 3 atom stereocenters. The van der Waals surface area contributed by atoms with E-state index in [0.717, 1.165) is 33.5 Å². The summed E-state index contributed by atoms with van der Waals surface area (Å²) < 4.78 is 166. The lowest BCUT2D eigenvalue weighted by molar-refractivity contribution is -0.144. The minimum atomic E-state index is -4.10. The number of aryl methyl sites for hydroxylation is 4. The van der Waals surface area contributed by atoms with Crippen LogP contribution in [0.25, 0.3) is 67.3 Å². The van der Waals surface area contributed by atoms with E-state index in [-0.39, 0.29) is 146 Å². The molecule has 0 saturated carbocycles. The predicted molar refractivity (Wildman–Crippen MR) is 372 cm³/mol. The van der Waals surface area contributed by atoms with Gasteiger partial charge in [-0.25, -0.2) is 102 Å². The zero-order valence-corrected chi connectivity index (χ0v) is 59.8. The number of hydrogen-bond donors (Lipinski definition) is 3. The SMILES string of the molecule is COCCC(=O)N1CCC(F)(F)CC1CCc1nc(-c2c[nH]c3ncc(Cl)cc23)ncc1F.Cc1ccc(S(=O)(=O)n2cc(-c3ncc(F)c(CCC4CC(F)(F)CCN4C(=O)OC(C)(C)C)n3)c3cc(Cl)cnc32)cc1.Fc1cnc(-c2c[nH]c3ncc(Cl)cc23)nc1CCC1CC(F)(F)CCN1. The van der Waals surface area contributed by atoms with E-state index < -0.39 is 88.3 Å². The number of alkyl halides is 6. The summed E-state index contributed by atoms with van der Waals surface area (Å²) in [5, 5.41) is 5.92. The van der Waals surface area contributed by atoms with Crippen molar-refractivity contribution >= 4 is 89.9 Å². The smallest absolute Gasteiger partial charge is 0.410 e. The van der Waals surface area contributed by atoms with Gasteiger partial charge in [0.05, 0.1) is 68.7 Å². The molecule has 552 valence electrons. The molecule has 0 spiro atoms. The molecule has 0 bridgehead atoms. The van der Waals surface area contributed by atoms with E-state index in [0.29, 0.717) is 55.5 Å². The third-order valence-electron chi connectivity index (χ3n) is 17.8. The summed E-state index contributed by atoms with van der Waals surface area (Å²) in [6.07, 6.45) is 9.89. The molecule has 0 aliphatic carbocycles. The molecule has 2 amide bonds. The molecule has 21 nitrogen and oxygen atoms in total. The number of likely N-dealkylation sites (tertiary alicyclic amines) is 2. The normalized spacial score (nSPS) is 18.1. The number of carbonyl (C=O) groups excluding carboxylic acids is 2. The van der Waals surface area contributed by atoms with E-state index in [9.17, 15) is 57.5 Å². The first-order valence-electron chi connectivity index (χ1n) is 33.2. The van der Waals surface area contributed by atoms with E-state index >= 15 is 0 Å². The van der Waals surface area contributed by atoms with Crippen LogP contribution in [0.15, 0.2) is 103 Å². The van der Waals surface area contributed by atoms with Gasteiger partial charge in [-0.15, -0.1) is 0 Å². The van der Waals surface area contributed by atoms with Crippen LogP contribution in [0.1, 0.15) is 108 Å². The second-order valence-electron chi connectivity index (χ2n) is 26.7. The summed E-state index contributed by atoms with van der Waals surface area (Å²) in [5.41, 5.74) is 3.04. The number of carbonyl (C=O) groups is 2. The number of piperidine rings is 3. The number of rotatable bonds is 17. The van der Waals surface area contributed by atoms with Crippen LogP contribution in [-0.2, 0) is 43.6 Å². The van der Waals surface area contributed by atoms with Crippen molar-refractivity contribution in [3.05, 3.63) is 153 Å². The molecule has 3 N–H and O–H groups in total. The molecule has 3 aliphatic heterocycles. The second-order valence-corrected chi connectivity index (χ2v) is 29.8. The number of ether oxygens (including phenoxy) is 2. The summed E-state index contributed by atoms with van der Waals surface area (Å²) in [4.78, 5) is 71.9. The average molecular weight is 1530 g/mol. The number of pyridine rings is 3. The maximum Gasteiger partial charge on any atom is 0.410 e. The van der Waals surface area contributed by atoms with Crippen LogP contribution in [0.5, 0.6) is 0 Å². The van der Waals surface area contributed by atoms with Gasteiger partial charge in [-0.2, -0.15) is 0 Å². The lowest BCUT2D eigenvalue weighted by Crippen LogP contribution is -2.51. The molecule has 0 radical (unpaired) electrons. The molecule has 3 saturated heterocycles. The van der Waals surface area contributed by atoms with Crippen LogP contribution in [0.2, 0.25) is 15.1 Å². The van der Waals surface area contributed by atoms with Crippen molar-refractivity contribution in [1.82, 2.24) is 73.9 Å². The third-order valence-corrected chi connectivity index (χ3v) is 20.1. The van der Waals surface area contributed by atoms with Crippen molar-refractivity contribution in [2.45, 2.75) is 158 Å². The molecule has 34 heteroatoms. The van der Waals surface area contributed by atoms with Crippen LogP contribution in [0.3, 0.4) is 0 Å². The largest absolute Gasteiger partial charge is 0.444 e. The van der Waals surface area contributed by atoms with Gasteiger partial charge in [0.25, 0.3) is 27.8 Å². The van der Waals surface area contributed by atoms with Gasteiger partial charge >= 0.3 is 6.09 Å². The number of hydrogen-bond acceptors (Lipinski definition) is 16. The second kappa shape index (κ2) is 31.6. The Morgan fingerprint density at radius 1 is 0.606 bits per heavy atom. The van der Waals surface area contributed by atoms with Gasteiger partial charge in [0.2, 0.25) is 5.91 Å². The highest BCUT2D eigenvalue weighted by molar-refractivity contribution is 7.90. The molecule has 3 fully saturated rings. The van der Waals surface area contributed by atoms with Crippen molar-refractivity contribution in [3.63, 3.8) is 0 Å². The van der Waals surface area contributed by atoms with Crippen molar-refractivity contribution in [2.24, 2.45) is 0 Å². The maximum atomic E-state index is 15.0. The molecule has 10 aromatic rings. The fourth-order valence-corrected chi connectivity index (χ4v) is 14.4. The first-order chi connectivity index (χ1) is 49.2. The Kier molecular flexibility index (Phi) is 23.2. The Morgan fingerprint density at radius 2 is 1.07 bits per heavy atom. The summed E-state index contributed by atoms with van der Waals surface area (Å²) in [6.45, 7) is 7.12. The lowest BCUT2D eigenvalue weighted by atomic mass is 9.93. The number of nitrogens with zero attached hydrogens (tertiary/aromatic N) is 12. The zero-order valence-electron chi connectivity index (χ0n) is 56.8. The number of methoxy groups -OCH3 is 1. The zero-order chi connectivity index (χ0) is 74.6. The molecule has 104 heavy (non-hydrogen) atoms. The van der Waals surface area contributed by atoms with Crippen LogP contribution in [0, 0.1) is 24.4 Å². The fraction of sp³-hybridized carbons (Fsp3) is 0.414. The topological polar surface area (TPSA) is 258 Å². The quantitative estimate of drug-likeness (QED) is 0.0716. The van der Waals surface area contributed by atoms with Crippen LogP contribution < -0.4 is 5.32 Å². The molecular weight excluding hydrogens is 1460 g/mol. The maximum absolute atomic E-state index is 15.0. The van der Waals surface area contributed by atoms with Gasteiger partial charge in [0.1, 0.15) is 16.9 Å². The van der Waals surface area contributed by atoms with Crippen molar-refractivity contribution in [2.75, 3.05) is 33.4 Å². The predicted octanol–water partition coefficient (Wildman–Crippen LogP) is 15.3. The van der Waals surface area contributed by atoms with Crippen LogP contribution in [0.4, 0.5) is 44.3 Å². The van der Waals surface area contributed by atoms with Gasteiger partial charge in [0, 0.05) is 153 Å². The number of nitrogens with one attached hydrogen (secondary N) is 3. The Bertz CT molecular complexity index is 4890. The summed E-state index contributed by atoms with van der Waals surface area (Å²) in [5.74, 6) is -10.1. The number of fused-ring (bicyclic) bond motifs is 3. The number of benzene rings is 1. The minimum Gasteiger partial charge on any atom is -0.444 e. The molecule has 13 rings (SSSR count). The number of aromatic amines is 2. The monoisotopic (exact) mass is 1530 g/mol. The van der Waals surface area contributed by atoms with E-state index in [1.165, 1.54) is 59.9 Å². The molecular formula is C70H71Cl3F9N15O6S. The number of amides is 2. The Labute approximate surface area is 606 Å². The molecule has 3 unspecified atom stereocenters. The van der Waals surface area contributed by atoms with Crippen molar-refractivity contribution in [3.8, 4) is 34.2 Å². The number of halogens is 12. The number of aromatic nitrogens is 12. The average Bonchev–Trinajstić information content (AvgIpc) is 1.59. The third kappa shape index (κ3) is 18.5. The standard InChI is InChI=1S/C30H31ClF3N5O4S.C22H23ClF3N5O2.C18H17ClF3N5/c1-18-5-8-21(9-6-18)44(41,42)39-17-23(22-13-19(31)15-36-27(22)39)26-35-16-24(32)25(37-26)10-7-20-14-30(33,34)11-12-38(20)28(40)43-29(2,3)4;1-33-7-4-19(32)31-6-5-22(25,26)9-14(31)2-3-18-17(24)12-29-21(30-18)16-11-28-20-15(16)8-13(23)10-27-20;19-10-5-12-13(8-25-16(12)24-7-10)17-26-9-14(20)15(27-17)2-1-11-6-18(21,22)3-4-23-11/h5-6,8-9,13,15-17,20H,7,10-12,14H2,1-4H3;8,10-12,14H,2-7,9H2,1H3,(H,27,28);5,7-9,11,23H,1-4,6H2,(H,24,25). The van der Waals surface area contributed by atoms with Gasteiger partial charge in [-0.1, -0.05) is 52.5 Å². The summed E-state index contributed by atoms with van der Waals surface area (Å²) in [6, 6.07) is 9.26. The first kappa shape index (κ1) is 76.5. The summed E-state index contributed by atoms with van der Waals surface area (Å²) >= 11 is 18.3. The highest BCUT2D eigenvalue weighted by Crippen LogP contribution is 2.39. The van der Waals surface area contributed by atoms with E-state index in [2.05, 4.69) is 60.1 Å². The highest BCUT2D eigenvalue weighted by atomic mass is 35.5. The Balaban J connectivity index is 0.000000161. The van der Waals surface area contributed by atoms with Gasteiger partial charge in [-0.05, 0) is 96.6 Å². The van der Waals surface area contributed by atoms with E-state index in [1.807, 2.05) is 6.92 Å². The number of H-pyrrole nitrogens is 2.